The molecular weight excluding hydrogens is 278 g/mol. The Balaban J connectivity index is 2.35. The van der Waals surface area contributed by atoms with Gasteiger partial charge in [-0.25, -0.2) is 13.6 Å². The standard InChI is InChI=1S/C12H9ClF2N2O2/c13-8-3-1-7(2-4-8)6-17-10(11(14)15)9(5-16-17)12(18)19/h1-5,11H,6H2,(H,18,19). The maximum Gasteiger partial charge on any atom is 0.339 e. The van der Waals surface area contributed by atoms with Crippen LogP contribution in [0.3, 0.4) is 0 Å². The van der Waals surface area contributed by atoms with Gasteiger partial charge in [0, 0.05) is 5.02 Å². The second-order valence-corrected chi connectivity index (χ2v) is 4.27. The van der Waals surface area contributed by atoms with E-state index in [1.54, 1.807) is 24.3 Å². The summed E-state index contributed by atoms with van der Waals surface area (Å²) in [5.74, 6) is -1.42. The first-order valence-corrected chi connectivity index (χ1v) is 5.68. The molecule has 0 amide bonds. The monoisotopic (exact) mass is 286 g/mol. The van der Waals surface area contributed by atoms with Crippen LogP contribution < -0.4 is 0 Å². The molecule has 1 N–H and O–H groups in total. The molecule has 0 unspecified atom stereocenters. The predicted molar refractivity (Wildman–Crippen MR) is 64.7 cm³/mol. The van der Waals surface area contributed by atoms with E-state index >= 15 is 0 Å². The van der Waals surface area contributed by atoms with Crippen LogP contribution in [0, 0.1) is 0 Å². The van der Waals surface area contributed by atoms with Crippen LogP contribution in [-0.4, -0.2) is 20.9 Å². The molecule has 2 rings (SSSR count). The Morgan fingerprint density at radius 2 is 2.00 bits per heavy atom. The number of hydrogen-bond acceptors (Lipinski definition) is 2. The summed E-state index contributed by atoms with van der Waals surface area (Å²) in [6, 6.07) is 6.58. The van der Waals surface area contributed by atoms with Crippen LogP contribution in [0.5, 0.6) is 0 Å². The average Bonchev–Trinajstić information content (AvgIpc) is 2.76. The molecule has 4 nitrogen and oxygen atoms in total. The van der Waals surface area contributed by atoms with Gasteiger partial charge in [0.2, 0.25) is 0 Å². The number of carbonyl (C=O) groups is 1. The maximum atomic E-state index is 12.9. The third-order valence-electron chi connectivity index (χ3n) is 2.56. The molecule has 0 radical (unpaired) electrons. The van der Waals surface area contributed by atoms with Crippen LogP contribution in [0.25, 0.3) is 0 Å². The highest BCUT2D eigenvalue weighted by Gasteiger charge is 2.24. The summed E-state index contributed by atoms with van der Waals surface area (Å²) in [6.45, 7) is 0.0596. The molecule has 1 aromatic carbocycles. The van der Waals surface area contributed by atoms with Gasteiger partial charge in [-0.05, 0) is 17.7 Å². The van der Waals surface area contributed by atoms with E-state index in [4.69, 9.17) is 16.7 Å². The molecule has 19 heavy (non-hydrogen) atoms. The maximum absolute atomic E-state index is 12.9. The van der Waals surface area contributed by atoms with Crippen molar-refractivity contribution in [1.29, 1.82) is 0 Å². The number of nitrogens with zero attached hydrogens (tertiary/aromatic N) is 2. The molecule has 0 aliphatic rings. The lowest BCUT2D eigenvalue weighted by molar-refractivity contribution is 0.0682. The van der Waals surface area contributed by atoms with Crippen LogP contribution in [0.2, 0.25) is 5.02 Å². The lowest BCUT2D eigenvalue weighted by Gasteiger charge is -2.08. The fourth-order valence-corrected chi connectivity index (χ4v) is 1.80. The van der Waals surface area contributed by atoms with Gasteiger partial charge in [-0.1, -0.05) is 23.7 Å². The van der Waals surface area contributed by atoms with Crippen molar-refractivity contribution < 1.29 is 18.7 Å². The van der Waals surface area contributed by atoms with Gasteiger partial charge in [-0.3, -0.25) is 4.68 Å². The van der Waals surface area contributed by atoms with E-state index in [0.717, 1.165) is 10.9 Å². The van der Waals surface area contributed by atoms with Gasteiger partial charge in [0.05, 0.1) is 12.7 Å². The molecule has 1 aromatic heterocycles. The second-order valence-electron chi connectivity index (χ2n) is 3.83. The van der Waals surface area contributed by atoms with E-state index < -0.39 is 23.7 Å². The minimum atomic E-state index is -2.90. The van der Waals surface area contributed by atoms with Crippen molar-refractivity contribution in [1.82, 2.24) is 9.78 Å². The van der Waals surface area contributed by atoms with E-state index in [1.165, 1.54) is 0 Å². The van der Waals surface area contributed by atoms with Crippen LogP contribution in [0.4, 0.5) is 8.78 Å². The molecule has 0 atom stereocenters. The van der Waals surface area contributed by atoms with Gasteiger partial charge >= 0.3 is 5.97 Å². The summed E-state index contributed by atoms with van der Waals surface area (Å²) in [4.78, 5) is 10.8. The largest absolute Gasteiger partial charge is 0.478 e. The Morgan fingerprint density at radius 3 is 2.53 bits per heavy atom. The molecular formula is C12H9ClF2N2O2. The molecule has 2 aromatic rings. The molecule has 100 valence electrons. The number of aromatic nitrogens is 2. The Hall–Kier alpha value is -1.95. The summed E-state index contributed by atoms with van der Waals surface area (Å²) in [7, 11) is 0. The number of rotatable bonds is 4. The van der Waals surface area contributed by atoms with Gasteiger partial charge in [-0.15, -0.1) is 0 Å². The molecule has 1 heterocycles. The highest BCUT2D eigenvalue weighted by atomic mass is 35.5. The Morgan fingerprint density at radius 1 is 1.37 bits per heavy atom. The van der Waals surface area contributed by atoms with Gasteiger partial charge in [0.15, 0.2) is 0 Å². The van der Waals surface area contributed by atoms with Crippen molar-refractivity contribution in [2.75, 3.05) is 0 Å². The van der Waals surface area contributed by atoms with Gasteiger partial charge in [-0.2, -0.15) is 5.10 Å². The summed E-state index contributed by atoms with van der Waals surface area (Å²) in [6.07, 6.45) is -1.97. The fraction of sp³-hybridized carbons (Fsp3) is 0.167. The molecule has 0 saturated heterocycles. The fourth-order valence-electron chi connectivity index (χ4n) is 1.68. The Bertz CT molecular complexity index is 596. The van der Waals surface area contributed by atoms with Crippen LogP contribution in [0.1, 0.15) is 28.0 Å². The number of carboxylic acid groups (broad SMARTS) is 1. The summed E-state index contributed by atoms with van der Waals surface area (Å²) in [5.41, 5.74) is -0.377. The lowest BCUT2D eigenvalue weighted by atomic mass is 10.2. The van der Waals surface area contributed by atoms with Gasteiger partial charge < -0.3 is 5.11 Å². The number of carboxylic acids is 1. The average molecular weight is 287 g/mol. The number of halogens is 3. The van der Waals surface area contributed by atoms with Crippen molar-refractivity contribution in [2.24, 2.45) is 0 Å². The molecule has 0 bridgehead atoms. The third kappa shape index (κ3) is 2.90. The Kier molecular flexibility index (Phi) is 3.80. The molecule has 0 saturated carbocycles. The summed E-state index contributed by atoms with van der Waals surface area (Å²) < 4.78 is 26.8. The van der Waals surface area contributed by atoms with E-state index in [2.05, 4.69) is 5.10 Å². The number of alkyl halides is 2. The van der Waals surface area contributed by atoms with Crippen molar-refractivity contribution in [3.05, 3.63) is 52.3 Å². The summed E-state index contributed by atoms with van der Waals surface area (Å²) in [5, 5.41) is 13.1. The lowest BCUT2D eigenvalue weighted by Crippen LogP contribution is -2.09. The first kappa shape index (κ1) is 13.5. The van der Waals surface area contributed by atoms with E-state index in [9.17, 15) is 13.6 Å². The first-order valence-electron chi connectivity index (χ1n) is 5.30. The molecule has 0 aliphatic heterocycles. The normalized spacial score (nSPS) is 10.9. The van der Waals surface area contributed by atoms with E-state index in [0.29, 0.717) is 10.6 Å². The smallest absolute Gasteiger partial charge is 0.339 e. The highest BCUT2D eigenvalue weighted by Crippen LogP contribution is 2.24. The van der Waals surface area contributed by atoms with Crippen LogP contribution in [0.15, 0.2) is 30.5 Å². The van der Waals surface area contributed by atoms with Crippen LogP contribution in [-0.2, 0) is 6.54 Å². The number of benzene rings is 1. The van der Waals surface area contributed by atoms with Crippen molar-refractivity contribution in [3.63, 3.8) is 0 Å². The van der Waals surface area contributed by atoms with Gasteiger partial charge in [0.1, 0.15) is 11.3 Å². The minimum Gasteiger partial charge on any atom is -0.478 e. The van der Waals surface area contributed by atoms with E-state index in [-0.39, 0.29) is 6.54 Å². The predicted octanol–water partition coefficient (Wildman–Crippen LogP) is 3.22. The highest BCUT2D eigenvalue weighted by molar-refractivity contribution is 6.30. The molecule has 7 heteroatoms. The number of aromatic carboxylic acids is 1. The van der Waals surface area contributed by atoms with Crippen molar-refractivity contribution in [2.45, 2.75) is 13.0 Å². The third-order valence-corrected chi connectivity index (χ3v) is 2.81. The molecule has 0 aliphatic carbocycles. The summed E-state index contributed by atoms with van der Waals surface area (Å²) >= 11 is 5.72. The van der Waals surface area contributed by atoms with Crippen molar-refractivity contribution in [3.8, 4) is 0 Å². The quantitative estimate of drug-likeness (QED) is 0.939. The SMILES string of the molecule is O=C(O)c1cnn(Cc2ccc(Cl)cc2)c1C(F)F. The Labute approximate surface area is 112 Å². The van der Waals surface area contributed by atoms with Crippen LogP contribution >= 0.6 is 11.6 Å². The topological polar surface area (TPSA) is 55.1 Å². The zero-order valence-corrected chi connectivity index (χ0v) is 10.3. The van der Waals surface area contributed by atoms with Crippen molar-refractivity contribution >= 4 is 17.6 Å². The number of hydrogen-bond donors (Lipinski definition) is 1. The first-order chi connectivity index (χ1) is 8.99. The molecule has 0 fully saturated rings. The molecule has 0 spiro atoms. The minimum absolute atomic E-state index is 0.0596. The second kappa shape index (κ2) is 5.36. The van der Waals surface area contributed by atoms with Gasteiger partial charge in [0.25, 0.3) is 6.43 Å². The zero-order valence-electron chi connectivity index (χ0n) is 9.55. The van der Waals surface area contributed by atoms with E-state index in [1.807, 2.05) is 0 Å². The zero-order chi connectivity index (χ0) is 14.0.